The number of anilines is 2. The first-order valence-electron chi connectivity index (χ1n) is 10.2. The summed E-state index contributed by atoms with van der Waals surface area (Å²) < 4.78 is 43.3. The second-order valence-corrected chi connectivity index (χ2v) is 8.37. The Balaban J connectivity index is 1.25. The highest BCUT2D eigenvalue weighted by atomic mass is 32.1. The van der Waals surface area contributed by atoms with Crippen LogP contribution in [0.4, 0.5) is 28.9 Å². The first-order chi connectivity index (χ1) is 15.9. The summed E-state index contributed by atoms with van der Waals surface area (Å²) in [5.74, 6) is 0.876. The summed E-state index contributed by atoms with van der Waals surface area (Å²) in [5.41, 5.74) is 0.819. The Bertz CT molecular complexity index is 1070. The lowest BCUT2D eigenvalue weighted by Gasteiger charge is -2.27. The highest BCUT2D eigenvalue weighted by molar-refractivity contribution is 7.15. The van der Waals surface area contributed by atoms with E-state index in [2.05, 4.69) is 30.7 Å². The highest BCUT2D eigenvalue weighted by Gasteiger charge is 2.29. The van der Waals surface area contributed by atoms with Crippen molar-refractivity contribution in [1.29, 1.82) is 0 Å². The minimum Gasteiger partial charge on any atom is -0.378 e. The van der Waals surface area contributed by atoms with E-state index in [-0.39, 0.29) is 0 Å². The van der Waals surface area contributed by atoms with Crippen molar-refractivity contribution < 1.29 is 22.7 Å². The quantitative estimate of drug-likeness (QED) is 0.561. The van der Waals surface area contributed by atoms with Crippen LogP contribution in [0.3, 0.4) is 0 Å². The van der Waals surface area contributed by atoms with Crippen molar-refractivity contribution in [3.8, 4) is 0 Å². The van der Waals surface area contributed by atoms with E-state index in [0.717, 1.165) is 47.9 Å². The minimum absolute atomic E-state index is 0.291. The van der Waals surface area contributed by atoms with Gasteiger partial charge in [-0.15, -0.1) is 10.2 Å². The summed E-state index contributed by atoms with van der Waals surface area (Å²) >= 11 is 1.16. The summed E-state index contributed by atoms with van der Waals surface area (Å²) in [7, 11) is 0. The molecule has 1 aliphatic heterocycles. The van der Waals surface area contributed by atoms with Crippen LogP contribution in [0.2, 0.25) is 0 Å². The molecule has 174 valence electrons. The van der Waals surface area contributed by atoms with Gasteiger partial charge in [-0.05, 0) is 29.3 Å². The number of rotatable bonds is 6. The number of ether oxygens (including phenoxy) is 1. The molecule has 0 spiro atoms. The second-order valence-electron chi connectivity index (χ2n) is 7.30. The van der Waals surface area contributed by atoms with E-state index in [4.69, 9.17) is 4.74 Å². The van der Waals surface area contributed by atoms with Gasteiger partial charge in [-0.3, -0.25) is 5.32 Å². The summed E-state index contributed by atoms with van der Waals surface area (Å²) in [4.78, 5) is 18.8. The number of hydrogen-bond donors (Lipinski definition) is 2. The van der Waals surface area contributed by atoms with Gasteiger partial charge in [-0.25, -0.2) is 9.78 Å². The molecule has 2 aromatic heterocycles. The third kappa shape index (κ3) is 6.39. The number of hydrogen-bond acceptors (Lipinski definition) is 7. The van der Waals surface area contributed by atoms with E-state index in [1.165, 1.54) is 12.1 Å². The molecule has 0 atom stereocenters. The molecule has 1 aromatic carbocycles. The number of aromatic nitrogens is 3. The summed E-state index contributed by atoms with van der Waals surface area (Å²) in [6, 6.07) is 8.26. The molecule has 1 fully saturated rings. The third-order valence-electron chi connectivity index (χ3n) is 4.92. The molecule has 2 N–H and O–H groups in total. The molecule has 0 bridgehead atoms. The zero-order chi connectivity index (χ0) is 23.3. The largest absolute Gasteiger partial charge is 0.416 e. The first-order valence-corrected chi connectivity index (χ1v) is 11.0. The third-order valence-corrected chi connectivity index (χ3v) is 5.76. The van der Waals surface area contributed by atoms with Crippen molar-refractivity contribution in [2.75, 3.05) is 36.5 Å². The van der Waals surface area contributed by atoms with Gasteiger partial charge >= 0.3 is 12.2 Å². The van der Waals surface area contributed by atoms with Gasteiger partial charge in [0.05, 0.1) is 18.8 Å². The molecular formula is C21H21F3N6O2S. The standard InChI is InChI=1S/C21H21F3N6O2S/c22-21(23,24)16-4-1-14(2-5-16)11-18-28-29-20(33-18)27-19(31)26-13-15-3-6-17(25-12-15)30-7-9-32-10-8-30/h1-6,12H,7-11,13H2,(H2,26,27,29,31). The van der Waals surface area contributed by atoms with Crippen molar-refractivity contribution in [2.45, 2.75) is 19.1 Å². The monoisotopic (exact) mass is 478 g/mol. The molecule has 8 nitrogen and oxygen atoms in total. The van der Waals surface area contributed by atoms with Gasteiger partial charge in [0.2, 0.25) is 5.13 Å². The van der Waals surface area contributed by atoms with E-state index in [1.807, 2.05) is 12.1 Å². The predicted molar refractivity (Wildman–Crippen MR) is 117 cm³/mol. The molecule has 33 heavy (non-hydrogen) atoms. The number of carbonyl (C=O) groups excluding carboxylic acids is 1. The van der Waals surface area contributed by atoms with Gasteiger partial charge in [0, 0.05) is 32.3 Å². The van der Waals surface area contributed by atoms with Crippen molar-refractivity contribution >= 4 is 28.3 Å². The molecule has 0 unspecified atom stereocenters. The van der Waals surface area contributed by atoms with E-state index in [1.54, 1.807) is 6.20 Å². The molecule has 3 heterocycles. The van der Waals surface area contributed by atoms with Crippen LogP contribution in [0.5, 0.6) is 0 Å². The van der Waals surface area contributed by atoms with Gasteiger partial charge in [-0.1, -0.05) is 29.5 Å². The number of benzene rings is 1. The molecule has 1 aliphatic rings. The predicted octanol–water partition coefficient (Wildman–Crippen LogP) is 3.70. The van der Waals surface area contributed by atoms with Crippen molar-refractivity contribution in [3.05, 3.63) is 64.3 Å². The Morgan fingerprint density at radius 2 is 1.79 bits per heavy atom. The minimum atomic E-state index is -4.37. The van der Waals surface area contributed by atoms with Gasteiger partial charge in [0.15, 0.2) is 0 Å². The van der Waals surface area contributed by atoms with E-state index in [0.29, 0.717) is 41.9 Å². The fraction of sp³-hybridized carbons (Fsp3) is 0.333. The number of pyridine rings is 1. The molecule has 4 rings (SSSR count). The molecule has 2 amide bonds. The van der Waals surface area contributed by atoms with E-state index < -0.39 is 17.8 Å². The zero-order valence-corrected chi connectivity index (χ0v) is 18.2. The maximum atomic E-state index is 12.7. The second kappa shape index (κ2) is 10.1. The average molecular weight is 479 g/mol. The van der Waals surface area contributed by atoms with Gasteiger partial charge < -0.3 is 15.0 Å². The Morgan fingerprint density at radius 3 is 2.45 bits per heavy atom. The van der Waals surface area contributed by atoms with E-state index >= 15 is 0 Å². The van der Waals surface area contributed by atoms with Crippen LogP contribution in [0, 0.1) is 0 Å². The van der Waals surface area contributed by atoms with Crippen LogP contribution < -0.4 is 15.5 Å². The molecule has 0 saturated carbocycles. The van der Waals surface area contributed by atoms with Crippen molar-refractivity contribution in [3.63, 3.8) is 0 Å². The lowest BCUT2D eigenvalue weighted by atomic mass is 10.1. The molecular weight excluding hydrogens is 457 g/mol. The zero-order valence-electron chi connectivity index (χ0n) is 17.4. The van der Waals surface area contributed by atoms with Crippen LogP contribution in [0.15, 0.2) is 42.6 Å². The Hall–Kier alpha value is -3.25. The number of alkyl halides is 3. The van der Waals surface area contributed by atoms with E-state index in [9.17, 15) is 18.0 Å². The van der Waals surface area contributed by atoms with Crippen LogP contribution in [-0.4, -0.2) is 47.5 Å². The molecule has 12 heteroatoms. The number of nitrogens with zero attached hydrogens (tertiary/aromatic N) is 4. The first kappa shape index (κ1) is 22.9. The molecule has 1 saturated heterocycles. The number of carbonyl (C=O) groups is 1. The summed E-state index contributed by atoms with van der Waals surface area (Å²) in [6.45, 7) is 3.26. The summed E-state index contributed by atoms with van der Waals surface area (Å²) in [5, 5.41) is 14.1. The van der Waals surface area contributed by atoms with Crippen LogP contribution in [0.1, 0.15) is 21.7 Å². The lowest BCUT2D eigenvalue weighted by molar-refractivity contribution is -0.137. The van der Waals surface area contributed by atoms with Crippen LogP contribution in [0.25, 0.3) is 0 Å². The SMILES string of the molecule is O=C(NCc1ccc(N2CCOCC2)nc1)Nc1nnc(Cc2ccc(C(F)(F)F)cc2)s1. The molecule has 0 radical (unpaired) electrons. The number of urea groups is 1. The topological polar surface area (TPSA) is 92.3 Å². The summed E-state index contributed by atoms with van der Waals surface area (Å²) in [6.07, 6.45) is -2.33. The lowest BCUT2D eigenvalue weighted by Crippen LogP contribution is -2.36. The highest BCUT2D eigenvalue weighted by Crippen LogP contribution is 2.29. The normalized spacial score (nSPS) is 14.2. The Labute approximate surface area is 191 Å². The number of amides is 2. The maximum Gasteiger partial charge on any atom is 0.416 e. The van der Waals surface area contributed by atoms with Crippen molar-refractivity contribution in [1.82, 2.24) is 20.5 Å². The smallest absolute Gasteiger partial charge is 0.378 e. The van der Waals surface area contributed by atoms with Crippen LogP contribution in [-0.2, 0) is 23.9 Å². The number of halogens is 3. The number of morpholine rings is 1. The average Bonchev–Trinajstić information content (AvgIpc) is 3.25. The molecule has 3 aromatic rings. The van der Waals surface area contributed by atoms with Crippen LogP contribution >= 0.6 is 11.3 Å². The van der Waals surface area contributed by atoms with Gasteiger partial charge in [0.25, 0.3) is 0 Å². The fourth-order valence-electron chi connectivity index (χ4n) is 3.19. The van der Waals surface area contributed by atoms with Gasteiger partial charge in [-0.2, -0.15) is 13.2 Å². The number of nitrogens with one attached hydrogen (secondary N) is 2. The van der Waals surface area contributed by atoms with Crippen molar-refractivity contribution in [2.24, 2.45) is 0 Å². The Kier molecular flexibility index (Phi) is 7.04. The maximum absolute atomic E-state index is 12.7. The fourth-order valence-corrected chi connectivity index (χ4v) is 3.96. The Morgan fingerprint density at radius 1 is 1.06 bits per heavy atom. The van der Waals surface area contributed by atoms with Gasteiger partial charge in [0.1, 0.15) is 10.8 Å². The molecule has 0 aliphatic carbocycles.